The maximum Gasteiger partial charge on any atom is 0.228 e. The zero-order valence-electron chi connectivity index (χ0n) is 21.2. The van der Waals surface area contributed by atoms with Crippen LogP contribution in [0, 0.1) is 5.82 Å². The highest BCUT2D eigenvalue weighted by atomic mass is 19.1. The van der Waals surface area contributed by atoms with Crippen LogP contribution >= 0.6 is 0 Å². The first-order valence-corrected chi connectivity index (χ1v) is 11.4. The number of halogens is 1. The van der Waals surface area contributed by atoms with Crippen LogP contribution in [0.1, 0.15) is 27.8 Å². The van der Waals surface area contributed by atoms with E-state index >= 15 is 0 Å². The number of nitrogens with one attached hydrogen (secondary N) is 1. The lowest BCUT2D eigenvalue weighted by Gasteiger charge is -2.12. The van der Waals surface area contributed by atoms with Gasteiger partial charge >= 0.3 is 0 Å². The lowest BCUT2D eigenvalue weighted by molar-refractivity contribution is -0.119. The third kappa shape index (κ3) is 7.29. The third-order valence-corrected chi connectivity index (χ3v) is 4.95. The molecular weight excluding hydrogens is 465 g/mol. The molecule has 3 aromatic rings. The summed E-state index contributed by atoms with van der Waals surface area (Å²) in [4.78, 5) is 16.7. The van der Waals surface area contributed by atoms with E-state index in [1.165, 1.54) is 24.5 Å². The molecule has 10 heteroatoms. The Bertz CT molecular complexity index is 1280. The molecule has 0 aliphatic heterocycles. The molecule has 2 aromatic carbocycles. The van der Waals surface area contributed by atoms with Crippen LogP contribution in [0.5, 0.6) is 17.4 Å². The van der Waals surface area contributed by atoms with E-state index in [4.69, 9.17) is 19.9 Å². The first kappa shape index (κ1) is 26.7. The van der Waals surface area contributed by atoms with E-state index in [-0.39, 0.29) is 24.7 Å². The second-order valence-corrected chi connectivity index (χ2v) is 9.08. The van der Waals surface area contributed by atoms with E-state index in [1.54, 1.807) is 24.9 Å². The molecule has 0 atom stereocenters. The van der Waals surface area contributed by atoms with E-state index in [9.17, 15) is 9.18 Å². The van der Waals surface area contributed by atoms with Gasteiger partial charge in [-0.25, -0.2) is 9.07 Å². The van der Waals surface area contributed by atoms with Crippen LogP contribution in [0.15, 0.2) is 53.3 Å². The van der Waals surface area contributed by atoms with Crippen LogP contribution in [0.25, 0.3) is 10.9 Å². The molecule has 0 saturated heterocycles. The number of carbonyl (C=O) groups excluding carboxylic acids is 1. The Morgan fingerprint density at radius 1 is 1.22 bits per heavy atom. The Morgan fingerprint density at radius 2 is 1.97 bits per heavy atom. The average molecular weight is 500 g/mol. The van der Waals surface area contributed by atoms with E-state index in [0.29, 0.717) is 41.4 Å². The second-order valence-electron chi connectivity index (χ2n) is 9.08. The smallest absolute Gasteiger partial charge is 0.228 e. The van der Waals surface area contributed by atoms with Gasteiger partial charge in [-0.3, -0.25) is 9.79 Å². The van der Waals surface area contributed by atoms with Crippen LogP contribution < -0.4 is 20.5 Å². The molecule has 0 bridgehead atoms. The van der Waals surface area contributed by atoms with Crippen molar-refractivity contribution in [3.05, 3.63) is 59.7 Å². The van der Waals surface area contributed by atoms with Crippen molar-refractivity contribution < 1.29 is 24.8 Å². The van der Waals surface area contributed by atoms with Gasteiger partial charge in [-0.05, 0) is 50.6 Å². The van der Waals surface area contributed by atoms with E-state index < -0.39 is 11.7 Å². The molecule has 3 N–H and O–H groups in total. The Kier molecular flexibility index (Phi) is 8.65. The Morgan fingerprint density at radius 3 is 2.64 bits per heavy atom. The number of hydrogen-bond donors (Lipinski definition) is 2. The summed E-state index contributed by atoms with van der Waals surface area (Å²) in [5.74, 6) is 0.357. The summed E-state index contributed by atoms with van der Waals surface area (Å²) >= 11 is 0. The molecule has 1 heterocycles. The van der Waals surface area contributed by atoms with Crippen LogP contribution in [0.4, 0.5) is 4.39 Å². The highest BCUT2D eigenvalue weighted by Gasteiger charge is 2.15. The van der Waals surface area contributed by atoms with Crippen molar-refractivity contribution in [1.29, 1.82) is 0 Å². The molecule has 0 aliphatic carbocycles. The van der Waals surface area contributed by atoms with E-state index in [0.717, 1.165) is 0 Å². The van der Waals surface area contributed by atoms with Crippen LogP contribution in [-0.2, 0) is 23.0 Å². The predicted octanol–water partition coefficient (Wildman–Crippen LogP) is 4.10. The van der Waals surface area contributed by atoms with Gasteiger partial charge in [0.15, 0.2) is 0 Å². The highest BCUT2D eigenvalue weighted by Crippen LogP contribution is 2.32. The number of amides is 1. The average Bonchev–Trinajstić information content (AvgIpc) is 3.12. The molecular formula is C26H34FN5O4. The standard InChI is InChI=1S/C26H32FN5O4.H2/c1-26(2,3)29-16-18(15-28)30-24(33)12-17-6-7-20(14-22(17)27)36-25-21-13-19(35-11-10-34-5)8-9-23(21)31-32(25)4;/h6-9,13-16H,10-12,28H2,1-5H3,(H,30,33);1H/b18-15+,29-16?;. The number of nitrogens with zero attached hydrogens (tertiary/aromatic N) is 3. The van der Waals surface area contributed by atoms with Gasteiger partial charge in [-0.15, -0.1) is 0 Å². The number of fused-ring (bicyclic) bond motifs is 1. The number of hydrogen-bond acceptors (Lipinski definition) is 7. The van der Waals surface area contributed by atoms with Gasteiger partial charge in [-0.2, -0.15) is 5.10 Å². The SMILES string of the molecule is COCCOc1ccc2nn(C)c(Oc3ccc(CC(=O)N/C(C=NC(C)(C)C)=C/N)c(F)c3)c2c1.[HH]. The number of methoxy groups -OCH3 is 1. The largest absolute Gasteiger partial charge is 0.491 e. The molecule has 9 nitrogen and oxygen atoms in total. The Hall–Kier alpha value is -3.92. The fraction of sp³-hybridized carbons (Fsp3) is 0.346. The van der Waals surface area contributed by atoms with Gasteiger partial charge in [0.25, 0.3) is 0 Å². The van der Waals surface area contributed by atoms with Crippen molar-refractivity contribution >= 4 is 23.0 Å². The van der Waals surface area contributed by atoms with Crippen molar-refractivity contribution in [3.63, 3.8) is 0 Å². The lowest BCUT2D eigenvalue weighted by atomic mass is 10.1. The summed E-state index contributed by atoms with van der Waals surface area (Å²) in [7, 11) is 3.34. The van der Waals surface area contributed by atoms with Crippen molar-refractivity contribution in [3.8, 4) is 17.4 Å². The zero-order chi connectivity index (χ0) is 26.3. The number of aromatic nitrogens is 2. The van der Waals surface area contributed by atoms with Crippen LogP contribution in [-0.4, -0.2) is 47.8 Å². The van der Waals surface area contributed by atoms with E-state index in [2.05, 4.69) is 15.4 Å². The third-order valence-electron chi connectivity index (χ3n) is 4.95. The van der Waals surface area contributed by atoms with Crippen molar-refractivity contribution in [2.24, 2.45) is 17.8 Å². The van der Waals surface area contributed by atoms with Crippen LogP contribution in [0.2, 0.25) is 0 Å². The summed E-state index contributed by atoms with van der Waals surface area (Å²) in [5, 5.41) is 7.78. The topological polar surface area (TPSA) is 113 Å². The molecule has 3 rings (SSSR count). The monoisotopic (exact) mass is 499 g/mol. The molecule has 0 unspecified atom stereocenters. The molecule has 0 fully saturated rings. The highest BCUT2D eigenvalue weighted by molar-refractivity contribution is 5.89. The van der Waals surface area contributed by atoms with Gasteiger partial charge in [0.2, 0.25) is 11.8 Å². The maximum absolute atomic E-state index is 14.8. The Balaban J connectivity index is 0.00000481. The van der Waals surface area contributed by atoms with Gasteiger partial charge in [-0.1, -0.05) is 6.07 Å². The van der Waals surface area contributed by atoms with Gasteiger partial charge in [0.05, 0.1) is 35.2 Å². The van der Waals surface area contributed by atoms with Gasteiger partial charge in [0, 0.05) is 34.1 Å². The molecule has 0 spiro atoms. The summed E-state index contributed by atoms with van der Waals surface area (Å²) in [6.07, 6.45) is 2.55. The quantitative estimate of drug-likeness (QED) is 0.321. The molecule has 0 aliphatic rings. The van der Waals surface area contributed by atoms with E-state index in [1.807, 2.05) is 39.0 Å². The van der Waals surface area contributed by atoms with Crippen molar-refractivity contribution in [2.45, 2.75) is 32.7 Å². The fourth-order valence-corrected chi connectivity index (χ4v) is 3.21. The first-order chi connectivity index (χ1) is 17.1. The number of benzene rings is 2. The summed E-state index contributed by atoms with van der Waals surface area (Å²) in [6.45, 7) is 6.63. The molecule has 1 amide bonds. The van der Waals surface area contributed by atoms with Gasteiger partial charge < -0.3 is 25.3 Å². The number of aryl methyl sites for hydroxylation is 1. The molecule has 1 aromatic heterocycles. The maximum atomic E-state index is 14.8. The molecule has 194 valence electrons. The minimum atomic E-state index is -0.570. The number of rotatable bonds is 10. The minimum absolute atomic E-state index is 0. The Labute approximate surface area is 211 Å². The van der Waals surface area contributed by atoms with Crippen molar-refractivity contribution in [1.82, 2.24) is 15.1 Å². The second kappa shape index (κ2) is 11.7. The fourth-order valence-electron chi connectivity index (χ4n) is 3.21. The predicted molar refractivity (Wildman–Crippen MR) is 139 cm³/mol. The molecule has 36 heavy (non-hydrogen) atoms. The zero-order valence-corrected chi connectivity index (χ0v) is 21.2. The molecule has 0 saturated carbocycles. The number of aliphatic imine (C=N–C) groups is 1. The summed E-state index contributed by atoms with van der Waals surface area (Å²) in [5.41, 5.74) is 6.51. The minimum Gasteiger partial charge on any atom is -0.491 e. The number of nitrogens with two attached hydrogens (primary N) is 1. The lowest BCUT2D eigenvalue weighted by Crippen LogP contribution is -2.27. The van der Waals surface area contributed by atoms with Gasteiger partial charge in [0.1, 0.15) is 23.9 Å². The number of carbonyl (C=O) groups is 1. The summed E-state index contributed by atoms with van der Waals surface area (Å²) < 4.78 is 33.1. The number of ether oxygens (including phenoxy) is 3. The normalized spacial score (nSPS) is 12.3. The summed E-state index contributed by atoms with van der Waals surface area (Å²) in [6, 6.07) is 9.80. The molecule has 0 radical (unpaired) electrons. The number of allylic oxidation sites excluding steroid dienone is 1. The van der Waals surface area contributed by atoms with Crippen molar-refractivity contribution in [2.75, 3.05) is 20.3 Å². The first-order valence-electron chi connectivity index (χ1n) is 11.4. The van der Waals surface area contributed by atoms with Crippen LogP contribution in [0.3, 0.4) is 0 Å².